The minimum atomic E-state index is -0.421. The molecule has 0 bridgehead atoms. The van der Waals surface area contributed by atoms with Crippen LogP contribution in [-0.2, 0) is 35.3 Å². The van der Waals surface area contributed by atoms with E-state index in [0.717, 1.165) is 47.2 Å². The van der Waals surface area contributed by atoms with Crippen LogP contribution in [0.15, 0.2) is 10.5 Å². The number of aromatic nitrogens is 3. The Bertz CT molecular complexity index is 1190. The highest BCUT2D eigenvalue weighted by Crippen LogP contribution is 2.37. The fourth-order valence-electron chi connectivity index (χ4n) is 4.40. The number of nitrogens with one attached hydrogen (secondary N) is 1. The Balaban J connectivity index is 1.51. The lowest BCUT2D eigenvalue weighted by atomic mass is 9.95. The maximum Gasteiger partial charge on any atom is 0.341 e. The summed E-state index contributed by atoms with van der Waals surface area (Å²) in [6, 6.07) is 0. The number of esters is 1. The molecule has 1 amide bonds. The summed E-state index contributed by atoms with van der Waals surface area (Å²) in [5.74, 6) is 0.483. The molecule has 0 unspecified atom stereocenters. The first-order valence-corrected chi connectivity index (χ1v) is 14.3. The van der Waals surface area contributed by atoms with E-state index in [4.69, 9.17) is 4.74 Å². The molecule has 1 N–H and O–H groups in total. The molecule has 0 spiro atoms. The quantitative estimate of drug-likeness (QED) is 0.287. The normalized spacial score (nSPS) is 13.1. The lowest BCUT2D eigenvalue weighted by molar-refractivity contribution is -0.113. The van der Waals surface area contributed by atoms with E-state index in [1.807, 2.05) is 25.2 Å². The molecule has 0 radical (unpaired) electrons. The molecule has 10 heteroatoms. The predicted molar refractivity (Wildman–Crippen MR) is 139 cm³/mol. The van der Waals surface area contributed by atoms with Gasteiger partial charge in [0.15, 0.2) is 11.0 Å². The molecule has 3 heterocycles. The van der Waals surface area contributed by atoms with Gasteiger partial charge in [0.1, 0.15) is 5.00 Å². The summed E-state index contributed by atoms with van der Waals surface area (Å²) in [5, 5.41) is 15.4. The third-order valence-electron chi connectivity index (χ3n) is 6.00. The van der Waals surface area contributed by atoms with E-state index in [2.05, 4.69) is 32.4 Å². The summed E-state index contributed by atoms with van der Waals surface area (Å²) in [7, 11) is 1.36. The van der Waals surface area contributed by atoms with Crippen molar-refractivity contribution in [3.63, 3.8) is 0 Å². The largest absolute Gasteiger partial charge is 0.465 e. The summed E-state index contributed by atoms with van der Waals surface area (Å²) < 4.78 is 7.09. The monoisotopic (exact) mass is 518 g/mol. The van der Waals surface area contributed by atoms with Gasteiger partial charge in [-0.05, 0) is 56.6 Å². The highest BCUT2D eigenvalue weighted by atomic mass is 32.2. The highest BCUT2D eigenvalue weighted by molar-refractivity contribution is 7.99. The fourth-order valence-corrected chi connectivity index (χ4v) is 7.44. The van der Waals surface area contributed by atoms with Crippen LogP contribution in [0.25, 0.3) is 11.4 Å². The van der Waals surface area contributed by atoms with Crippen molar-refractivity contribution in [2.24, 2.45) is 0 Å². The second kappa shape index (κ2) is 11.0. The molecule has 0 fully saturated rings. The van der Waals surface area contributed by atoms with E-state index in [9.17, 15) is 9.59 Å². The van der Waals surface area contributed by atoms with Crippen molar-refractivity contribution in [1.82, 2.24) is 14.8 Å². The van der Waals surface area contributed by atoms with Crippen molar-refractivity contribution < 1.29 is 14.3 Å². The minimum absolute atomic E-state index is 0.181. The number of ether oxygens (including phenoxy) is 1. The number of thioether (sulfide) groups is 1. The van der Waals surface area contributed by atoms with Gasteiger partial charge in [-0.25, -0.2) is 4.79 Å². The summed E-state index contributed by atoms with van der Waals surface area (Å²) in [6.07, 6.45) is 6.38. The summed E-state index contributed by atoms with van der Waals surface area (Å²) in [4.78, 5) is 27.6. The van der Waals surface area contributed by atoms with Crippen LogP contribution in [-0.4, -0.2) is 39.5 Å². The van der Waals surface area contributed by atoms with Gasteiger partial charge in [-0.1, -0.05) is 25.6 Å². The first-order chi connectivity index (χ1) is 16.5. The van der Waals surface area contributed by atoms with E-state index >= 15 is 0 Å². The van der Waals surface area contributed by atoms with Gasteiger partial charge < -0.3 is 14.6 Å². The molecular formula is C24H30N4O3S3. The molecule has 182 valence electrons. The summed E-state index contributed by atoms with van der Waals surface area (Å²) in [6.45, 7) is 6.88. The zero-order valence-electron chi connectivity index (χ0n) is 20.0. The van der Waals surface area contributed by atoms with Crippen LogP contribution >= 0.6 is 34.4 Å². The second-order valence-corrected chi connectivity index (χ2v) is 11.4. The lowest BCUT2D eigenvalue weighted by Crippen LogP contribution is -2.16. The van der Waals surface area contributed by atoms with E-state index in [1.54, 1.807) is 0 Å². The van der Waals surface area contributed by atoms with Crippen LogP contribution in [0.2, 0.25) is 0 Å². The van der Waals surface area contributed by atoms with Gasteiger partial charge in [-0.2, -0.15) is 0 Å². The van der Waals surface area contributed by atoms with Crippen molar-refractivity contribution in [2.45, 2.75) is 71.0 Å². The molecule has 3 aromatic heterocycles. The van der Waals surface area contributed by atoms with Crippen molar-refractivity contribution in [2.75, 3.05) is 18.2 Å². The number of carbonyl (C=O) groups is 2. The predicted octanol–water partition coefficient (Wildman–Crippen LogP) is 5.75. The topological polar surface area (TPSA) is 86.1 Å². The Kier molecular flexibility index (Phi) is 8.10. The van der Waals surface area contributed by atoms with Crippen LogP contribution in [0, 0.1) is 6.92 Å². The zero-order chi connectivity index (χ0) is 24.2. The molecule has 0 aliphatic heterocycles. The Morgan fingerprint density at radius 2 is 2.03 bits per heavy atom. The van der Waals surface area contributed by atoms with Crippen LogP contribution in [0.5, 0.6) is 0 Å². The van der Waals surface area contributed by atoms with Crippen LogP contribution in [0.1, 0.15) is 64.3 Å². The van der Waals surface area contributed by atoms with Gasteiger partial charge in [0.25, 0.3) is 0 Å². The maximum absolute atomic E-state index is 12.8. The number of thiophene rings is 2. The van der Waals surface area contributed by atoms with Gasteiger partial charge in [-0.3, -0.25) is 4.79 Å². The third-order valence-corrected chi connectivity index (χ3v) is 9.12. The number of carbonyl (C=O) groups excluding carboxylic acids is 2. The van der Waals surface area contributed by atoms with Gasteiger partial charge in [-0.15, -0.1) is 32.9 Å². The van der Waals surface area contributed by atoms with Gasteiger partial charge >= 0.3 is 5.97 Å². The number of rotatable bonds is 9. The lowest BCUT2D eigenvalue weighted by Gasteiger charge is -2.13. The van der Waals surface area contributed by atoms with Crippen molar-refractivity contribution in [1.29, 1.82) is 0 Å². The molecule has 34 heavy (non-hydrogen) atoms. The van der Waals surface area contributed by atoms with Gasteiger partial charge in [0.2, 0.25) is 5.91 Å². The Morgan fingerprint density at radius 1 is 1.24 bits per heavy atom. The molecule has 0 saturated heterocycles. The molecule has 1 aliphatic carbocycles. The van der Waals surface area contributed by atoms with E-state index < -0.39 is 5.97 Å². The number of hydrogen-bond acceptors (Lipinski definition) is 8. The number of fused-ring (bicyclic) bond motifs is 1. The number of hydrogen-bond donors (Lipinski definition) is 1. The van der Waals surface area contributed by atoms with Crippen molar-refractivity contribution in [3.8, 4) is 11.4 Å². The Hall–Kier alpha value is -2.17. The number of nitrogens with zero attached hydrogens (tertiary/aromatic N) is 3. The number of amides is 1. The highest BCUT2D eigenvalue weighted by Gasteiger charge is 2.25. The van der Waals surface area contributed by atoms with E-state index in [0.29, 0.717) is 17.0 Å². The van der Waals surface area contributed by atoms with Crippen molar-refractivity contribution in [3.05, 3.63) is 31.8 Å². The standard InChI is InChI=1S/C24H30N4O3S3/c1-5-11-28-21(17-12-32-18-10-8-7-9-16(17)18)26-27-24(28)33-13-19(29)25-22-20(23(30)31-4)15(6-2)14(3)34-22/h12H,5-11,13H2,1-4H3,(H,25,29). The molecule has 3 aromatic rings. The fraction of sp³-hybridized carbons (Fsp3) is 0.500. The van der Waals surface area contributed by atoms with E-state index in [-0.39, 0.29) is 11.7 Å². The third kappa shape index (κ3) is 4.94. The van der Waals surface area contributed by atoms with Crippen LogP contribution < -0.4 is 5.32 Å². The van der Waals surface area contributed by atoms with E-state index in [1.165, 1.54) is 59.1 Å². The van der Waals surface area contributed by atoms with Crippen molar-refractivity contribution >= 4 is 51.3 Å². The molecule has 0 aromatic carbocycles. The second-order valence-electron chi connectivity index (χ2n) is 8.24. The molecule has 4 rings (SSSR count). The smallest absolute Gasteiger partial charge is 0.341 e. The molecule has 1 aliphatic rings. The Labute approximate surface area is 212 Å². The summed E-state index contributed by atoms with van der Waals surface area (Å²) >= 11 is 4.61. The first kappa shape index (κ1) is 24.9. The molecule has 0 saturated carbocycles. The number of anilines is 1. The molecule has 0 atom stereocenters. The maximum atomic E-state index is 12.8. The molecule has 7 nitrogen and oxygen atoms in total. The zero-order valence-corrected chi connectivity index (χ0v) is 22.5. The SMILES string of the molecule is CCCn1c(SCC(=O)Nc2sc(C)c(CC)c2C(=O)OC)nnc1-c1csc2c1CCCC2. The number of methoxy groups -OCH3 is 1. The first-order valence-electron chi connectivity index (χ1n) is 11.6. The average Bonchev–Trinajstić information content (AvgIpc) is 3.52. The average molecular weight is 519 g/mol. The summed E-state index contributed by atoms with van der Waals surface area (Å²) in [5.41, 5.74) is 4.00. The van der Waals surface area contributed by atoms with Crippen LogP contribution in [0.4, 0.5) is 5.00 Å². The van der Waals surface area contributed by atoms with Gasteiger partial charge in [0, 0.05) is 27.2 Å². The number of aryl methyl sites for hydroxylation is 2. The van der Waals surface area contributed by atoms with Gasteiger partial charge in [0.05, 0.1) is 18.4 Å². The Morgan fingerprint density at radius 3 is 2.76 bits per heavy atom. The molecular weight excluding hydrogens is 488 g/mol. The minimum Gasteiger partial charge on any atom is -0.465 e. The van der Waals surface area contributed by atoms with Crippen LogP contribution in [0.3, 0.4) is 0 Å².